The van der Waals surface area contributed by atoms with Crippen LogP contribution in [0, 0.1) is 6.92 Å². The van der Waals surface area contributed by atoms with Crippen molar-refractivity contribution in [3.05, 3.63) is 65.5 Å². The van der Waals surface area contributed by atoms with E-state index in [2.05, 4.69) is 4.98 Å². The molecule has 1 atom stereocenters. The lowest BCUT2D eigenvalue weighted by molar-refractivity contribution is 0.0336. The van der Waals surface area contributed by atoms with Gasteiger partial charge in [0.05, 0.1) is 5.56 Å². The molecule has 2 aromatic rings. The van der Waals surface area contributed by atoms with E-state index in [9.17, 15) is 4.79 Å². The number of rotatable bonds is 3. The van der Waals surface area contributed by atoms with Crippen LogP contribution in [0.1, 0.15) is 34.5 Å². The number of hydrogen-bond acceptors (Lipinski definition) is 3. The van der Waals surface area contributed by atoms with Crippen LogP contribution in [-0.4, -0.2) is 11.0 Å². The third-order valence-electron chi connectivity index (χ3n) is 2.81. The lowest BCUT2D eigenvalue weighted by atomic mass is 10.0. The summed E-state index contributed by atoms with van der Waals surface area (Å²) in [5, 5.41) is 0. The highest BCUT2D eigenvalue weighted by Crippen LogP contribution is 2.21. The molecule has 0 radical (unpaired) electrons. The molecule has 0 fully saturated rings. The number of ether oxygens (including phenoxy) is 1. The Bertz CT molecular complexity index is 537. The van der Waals surface area contributed by atoms with Gasteiger partial charge in [0.2, 0.25) is 0 Å². The molecule has 0 amide bonds. The van der Waals surface area contributed by atoms with Gasteiger partial charge < -0.3 is 4.74 Å². The third kappa shape index (κ3) is 2.74. The first-order valence-electron chi connectivity index (χ1n) is 5.85. The molecule has 1 aromatic heterocycles. The summed E-state index contributed by atoms with van der Waals surface area (Å²) in [5.41, 5.74) is 2.61. The number of hydrogen-bond donors (Lipinski definition) is 0. The van der Waals surface area contributed by atoms with Crippen molar-refractivity contribution in [1.29, 1.82) is 0 Å². The van der Waals surface area contributed by atoms with Crippen LogP contribution < -0.4 is 0 Å². The topological polar surface area (TPSA) is 39.2 Å². The minimum Gasteiger partial charge on any atom is -0.454 e. The van der Waals surface area contributed by atoms with Crippen molar-refractivity contribution in [1.82, 2.24) is 4.98 Å². The summed E-state index contributed by atoms with van der Waals surface area (Å²) in [4.78, 5) is 15.8. The second kappa shape index (κ2) is 5.45. The fourth-order valence-electron chi connectivity index (χ4n) is 1.82. The molecule has 3 nitrogen and oxygen atoms in total. The van der Waals surface area contributed by atoms with E-state index in [1.165, 1.54) is 6.20 Å². The number of pyridine rings is 1. The largest absolute Gasteiger partial charge is 0.454 e. The van der Waals surface area contributed by atoms with Gasteiger partial charge in [-0.25, -0.2) is 4.79 Å². The van der Waals surface area contributed by atoms with E-state index in [4.69, 9.17) is 4.74 Å². The lowest BCUT2D eigenvalue weighted by Crippen LogP contribution is -2.10. The number of aromatic nitrogens is 1. The monoisotopic (exact) mass is 241 g/mol. The first-order valence-corrected chi connectivity index (χ1v) is 5.85. The first-order chi connectivity index (χ1) is 8.68. The Kier molecular flexibility index (Phi) is 3.72. The van der Waals surface area contributed by atoms with Crippen LogP contribution in [0.2, 0.25) is 0 Å². The van der Waals surface area contributed by atoms with Gasteiger partial charge in [0.1, 0.15) is 6.10 Å². The molecule has 1 heterocycles. The van der Waals surface area contributed by atoms with Gasteiger partial charge in [0.25, 0.3) is 0 Å². The van der Waals surface area contributed by atoms with Gasteiger partial charge >= 0.3 is 5.97 Å². The Morgan fingerprint density at radius 2 is 2.00 bits per heavy atom. The maximum atomic E-state index is 11.9. The van der Waals surface area contributed by atoms with Crippen molar-refractivity contribution in [2.24, 2.45) is 0 Å². The van der Waals surface area contributed by atoms with Crippen molar-refractivity contribution >= 4 is 5.97 Å². The molecule has 0 bridgehead atoms. The van der Waals surface area contributed by atoms with Crippen molar-refractivity contribution < 1.29 is 9.53 Å². The molecule has 18 heavy (non-hydrogen) atoms. The summed E-state index contributed by atoms with van der Waals surface area (Å²) in [6.45, 7) is 3.88. The Balaban J connectivity index is 2.11. The third-order valence-corrected chi connectivity index (χ3v) is 2.81. The van der Waals surface area contributed by atoms with Gasteiger partial charge in [-0.15, -0.1) is 0 Å². The lowest BCUT2D eigenvalue weighted by Gasteiger charge is -2.15. The summed E-state index contributed by atoms with van der Waals surface area (Å²) in [5.74, 6) is -0.348. The van der Waals surface area contributed by atoms with Crippen LogP contribution in [0.4, 0.5) is 0 Å². The Morgan fingerprint density at radius 3 is 2.67 bits per heavy atom. The Labute approximate surface area is 106 Å². The molecule has 2 rings (SSSR count). The number of aryl methyl sites for hydroxylation is 1. The maximum Gasteiger partial charge on any atom is 0.340 e. The first kappa shape index (κ1) is 12.3. The fourth-order valence-corrected chi connectivity index (χ4v) is 1.82. The predicted molar refractivity (Wildman–Crippen MR) is 69.2 cm³/mol. The van der Waals surface area contributed by atoms with E-state index in [1.54, 1.807) is 18.3 Å². The molecule has 0 aliphatic carbocycles. The molecule has 0 aliphatic heterocycles. The number of carbonyl (C=O) groups excluding carboxylic acids is 1. The molecule has 0 saturated heterocycles. The normalized spacial score (nSPS) is 11.9. The summed E-state index contributed by atoms with van der Waals surface area (Å²) in [7, 11) is 0. The summed E-state index contributed by atoms with van der Waals surface area (Å²) >= 11 is 0. The molecule has 0 spiro atoms. The van der Waals surface area contributed by atoms with E-state index in [-0.39, 0.29) is 12.1 Å². The molecule has 0 aliphatic rings. The minimum absolute atomic E-state index is 0.265. The van der Waals surface area contributed by atoms with Crippen LogP contribution >= 0.6 is 0 Å². The van der Waals surface area contributed by atoms with Gasteiger partial charge in [-0.3, -0.25) is 4.98 Å². The smallest absolute Gasteiger partial charge is 0.340 e. The molecular formula is C15H15NO2. The second-order valence-corrected chi connectivity index (χ2v) is 4.15. The molecule has 1 unspecified atom stereocenters. The van der Waals surface area contributed by atoms with Crippen molar-refractivity contribution in [2.75, 3.05) is 0 Å². The predicted octanol–water partition coefficient (Wildman–Crippen LogP) is 3.31. The second-order valence-electron chi connectivity index (χ2n) is 4.15. The fraction of sp³-hybridized carbons (Fsp3) is 0.200. The molecular weight excluding hydrogens is 226 g/mol. The molecule has 92 valence electrons. The zero-order valence-corrected chi connectivity index (χ0v) is 10.5. The standard InChI is InChI=1S/C15H15NO2/c1-11-6-3-4-8-14(11)12(2)18-15(17)13-7-5-9-16-10-13/h3-10,12H,1-2H3. The van der Waals surface area contributed by atoms with Crippen molar-refractivity contribution in [2.45, 2.75) is 20.0 Å². The quantitative estimate of drug-likeness (QED) is 0.774. The van der Waals surface area contributed by atoms with E-state index in [0.717, 1.165) is 11.1 Å². The number of carbonyl (C=O) groups is 1. The average Bonchev–Trinajstić information content (AvgIpc) is 2.40. The Morgan fingerprint density at radius 1 is 1.22 bits per heavy atom. The highest BCUT2D eigenvalue weighted by atomic mass is 16.5. The van der Waals surface area contributed by atoms with Gasteiger partial charge in [-0.05, 0) is 37.1 Å². The van der Waals surface area contributed by atoms with Gasteiger partial charge in [-0.2, -0.15) is 0 Å². The highest BCUT2D eigenvalue weighted by Gasteiger charge is 2.14. The summed E-state index contributed by atoms with van der Waals surface area (Å²) < 4.78 is 5.42. The zero-order valence-electron chi connectivity index (χ0n) is 10.5. The minimum atomic E-state index is -0.348. The van der Waals surface area contributed by atoms with Crippen molar-refractivity contribution in [3.8, 4) is 0 Å². The van der Waals surface area contributed by atoms with E-state index < -0.39 is 0 Å². The van der Waals surface area contributed by atoms with Crippen LogP contribution in [-0.2, 0) is 4.74 Å². The van der Waals surface area contributed by atoms with Crippen molar-refractivity contribution in [3.63, 3.8) is 0 Å². The number of esters is 1. The van der Waals surface area contributed by atoms with E-state index >= 15 is 0 Å². The zero-order chi connectivity index (χ0) is 13.0. The molecule has 3 heteroatoms. The van der Waals surface area contributed by atoms with E-state index in [1.807, 2.05) is 38.1 Å². The molecule has 0 N–H and O–H groups in total. The number of nitrogens with zero attached hydrogens (tertiary/aromatic N) is 1. The summed E-state index contributed by atoms with van der Waals surface area (Å²) in [6, 6.07) is 11.3. The SMILES string of the molecule is Cc1ccccc1C(C)OC(=O)c1cccnc1. The van der Waals surface area contributed by atoms with Gasteiger partial charge in [-0.1, -0.05) is 24.3 Å². The Hall–Kier alpha value is -2.16. The average molecular weight is 241 g/mol. The maximum absolute atomic E-state index is 11.9. The van der Waals surface area contributed by atoms with E-state index in [0.29, 0.717) is 5.56 Å². The molecule has 1 aromatic carbocycles. The van der Waals surface area contributed by atoms with Gasteiger partial charge in [0.15, 0.2) is 0 Å². The highest BCUT2D eigenvalue weighted by molar-refractivity contribution is 5.89. The number of benzene rings is 1. The molecule has 0 saturated carbocycles. The van der Waals surface area contributed by atoms with Crippen LogP contribution in [0.5, 0.6) is 0 Å². The van der Waals surface area contributed by atoms with Crippen LogP contribution in [0.15, 0.2) is 48.8 Å². The summed E-state index contributed by atoms with van der Waals surface area (Å²) in [6.07, 6.45) is 2.87. The van der Waals surface area contributed by atoms with Gasteiger partial charge in [0, 0.05) is 12.4 Å². The van der Waals surface area contributed by atoms with Crippen LogP contribution in [0.25, 0.3) is 0 Å². The van der Waals surface area contributed by atoms with Crippen LogP contribution in [0.3, 0.4) is 0 Å².